The number of carbonyl (C=O) groups excluding carboxylic acids is 1. The van der Waals surface area contributed by atoms with E-state index in [1.54, 1.807) is 11.1 Å². The summed E-state index contributed by atoms with van der Waals surface area (Å²) in [7, 11) is -0.742. The maximum Gasteiger partial charge on any atom is 0.257 e. The van der Waals surface area contributed by atoms with E-state index in [0.717, 1.165) is 0 Å². The minimum atomic E-state index is -0.742. The van der Waals surface area contributed by atoms with Gasteiger partial charge in [0.25, 0.3) is 5.91 Å². The first-order valence-corrected chi connectivity index (χ1v) is 5.89. The Hall–Kier alpha value is -1.17. The highest BCUT2D eigenvalue weighted by atomic mass is 32.2. The summed E-state index contributed by atoms with van der Waals surface area (Å²) in [6.45, 7) is 1.16. The van der Waals surface area contributed by atoms with Crippen LogP contribution in [0.25, 0.3) is 0 Å². The number of carbonyl (C=O) groups is 1. The summed E-state index contributed by atoms with van der Waals surface area (Å²) in [5.74, 6) is 1.14. The van der Waals surface area contributed by atoms with Gasteiger partial charge in [-0.05, 0) is 0 Å². The third kappa shape index (κ3) is 1.84. The number of rotatable bonds is 1. The second kappa shape index (κ2) is 3.91. The largest absolute Gasteiger partial charge is 0.337 e. The van der Waals surface area contributed by atoms with Gasteiger partial charge in [-0.15, -0.1) is 0 Å². The van der Waals surface area contributed by atoms with E-state index in [4.69, 9.17) is 0 Å². The fraction of sp³-hybridized carbons (Fsp3) is 0.500. The average molecular weight is 213 g/mol. The Labute approximate surface area is 83.9 Å². The Morgan fingerprint density at radius 3 is 2.79 bits per heavy atom. The predicted octanol–water partition coefficient (Wildman–Crippen LogP) is -0.386. The molecule has 0 saturated carbocycles. The Balaban J connectivity index is 2.03. The summed E-state index contributed by atoms with van der Waals surface area (Å²) >= 11 is 0. The van der Waals surface area contributed by atoms with E-state index in [2.05, 4.69) is 10.2 Å². The molecule has 0 aliphatic carbocycles. The number of amides is 1. The Bertz CT molecular complexity index is 339. The molecule has 14 heavy (non-hydrogen) atoms. The van der Waals surface area contributed by atoms with E-state index in [0.29, 0.717) is 30.2 Å². The highest BCUT2D eigenvalue weighted by Crippen LogP contribution is 2.06. The van der Waals surface area contributed by atoms with Gasteiger partial charge in [0.2, 0.25) is 0 Å². The fourth-order valence-electron chi connectivity index (χ4n) is 1.39. The number of nitrogens with one attached hydrogen (secondary N) is 1. The molecule has 5 nitrogen and oxygen atoms in total. The molecular weight excluding hydrogens is 202 g/mol. The normalized spacial score (nSPS) is 18.4. The van der Waals surface area contributed by atoms with Gasteiger partial charge in [-0.2, -0.15) is 5.10 Å². The van der Waals surface area contributed by atoms with Crippen molar-refractivity contribution in [2.75, 3.05) is 24.6 Å². The molecule has 2 heterocycles. The van der Waals surface area contributed by atoms with Crippen LogP contribution >= 0.6 is 0 Å². The Morgan fingerprint density at radius 2 is 2.21 bits per heavy atom. The molecule has 0 atom stereocenters. The molecule has 0 spiro atoms. The highest BCUT2D eigenvalue weighted by Gasteiger charge is 2.21. The van der Waals surface area contributed by atoms with Crippen LogP contribution in [0.2, 0.25) is 0 Å². The van der Waals surface area contributed by atoms with Crippen LogP contribution in [0.15, 0.2) is 12.4 Å². The molecule has 0 aromatic carbocycles. The molecule has 0 radical (unpaired) electrons. The second-order valence-corrected chi connectivity index (χ2v) is 4.82. The molecule has 1 saturated heterocycles. The molecule has 6 heteroatoms. The van der Waals surface area contributed by atoms with Crippen molar-refractivity contribution in [3.63, 3.8) is 0 Å². The van der Waals surface area contributed by atoms with E-state index in [9.17, 15) is 9.00 Å². The summed E-state index contributed by atoms with van der Waals surface area (Å²) in [5, 5.41) is 6.32. The van der Waals surface area contributed by atoms with Crippen LogP contribution in [-0.4, -0.2) is 49.8 Å². The smallest absolute Gasteiger partial charge is 0.257 e. The zero-order valence-corrected chi connectivity index (χ0v) is 8.42. The Morgan fingerprint density at radius 1 is 1.50 bits per heavy atom. The molecular formula is C8H11N3O2S. The number of H-pyrrole nitrogens is 1. The third-order valence-electron chi connectivity index (χ3n) is 2.21. The molecule has 0 bridgehead atoms. The van der Waals surface area contributed by atoms with Crippen molar-refractivity contribution in [2.24, 2.45) is 0 Å². The van der Waals surface area contributed by atoms with E-state index >= 15 is 0 Å². The lowest BCUT2D eigenvalue weighted by Crippen LogP contribution is -2.41. The first-order valence-electron chi connectivity index (χ1n) is 4.40. The molecule has 1 amide bonds. The molecule has 1 aromatic rings. The van der Waals surface area contributed by atoms with Gasteiger partial charge in [-0.25, -0.2) is 0 Å². The van der Waals surface area contributed by atoms with Crippen LogP contribution in [-0.2, 0) is 10.8 Å². The van der Waals surface area contributed by atoms with Gasteiger partial charge in [0.15, 0.2) is 0 Å². The monoisotopic (exact) mass is 213 g/mol. The lowest BCUT2D eigenvalue weighted by molar-refractivity contribution is 0.0771. The van der Waals surface area contributed by atoms with Gasteiger partial charge in [0, 0.05) is 41.6 Å². The molecule has 1 aliphatic heterocycles. The minimum Gasteiger partial charge on any atom is -0.337 e. The SMILES string of the molecule is O=C(c1cn[nH]c1)N1CCS(=O)CC1. The second-order valence-electron chi connectivity index (χ2n) is 3.13. The van der Waals surface area contributed by atoms with Gasteiger partial charge >= 0.3 is 0 Å². The molecule has 76 valence electrons. The number of hydrogen-bond acceptors (Lipinski definition) is 3. The zero-order chi connectivity index (χ0) is 9.97. The van der Waals surface area contributed by atoms with Crippen molar-refractivity contribution in [3.8, 4) is 0 Å². The summed E-state index contributed by atoms with van der Waals surface area (Å²) < 4.78 is 11.1. The van der Waals surface area contributed by atoms with Crippen LogP contribution in [0.4, 0.5) is 0 Å². The van der Waals surface area contributed by atoms with Gasteiger partial charge < -0.3 is 4.90 Å². The topological polar surface area (TPSA) is 66.1 Å². The standard InChI is InChI=1S/C8H11N3O2S/c12-8(7-5-9-10-6-7)11-1-3-14(13)4-2-11/h5-6H,1-4H2,(H,9,10). The van der Waals surface area contributed by atoms with Gasteiger partial charge in [0.1, 0.15) is 0 Å². The number of aromatic nitrogens is 2. The number of aromatic amines is 1. The highest BCUT2D eigenvalue weighted by molar-refractivity contribution is 7.85. The molecule has 1 fully saturated rings. The maximum atomic E-state index is 11.7. The first-order chi connectivity index (χ1) is 6.77. The summed E-state index contributed by atoms with van der Waals surface area (Å²) in [5.41, 5.74) is 0.567. The van der Waals surface area contributed by atoms with E-state index in [-0.39, 0.29) is 5.91 Å². The molecule has 2 rings (SSSR count). The summed E-state index contributed by atoms with van der Waals surface area (Å²) in [4.78, 5) is 13.4. The molecule has 1 aliphatic rings. The van der Waals surface area contributed by atoms with Crippen LogP contribution < -0.4 is 0 Å². The third-order valence-corrected chi connectivity index (χ3v) is 3.49. The zero-order valence-electron chi connectivity index (χ0n) is 7.60. The van der Waals surface area contributed by atoms with Crippen LogP contribution in [0.5, 0.6) is 0 Å². The van der Waals surface area contributed by atoms with Gasteiger partial charge in [-0.3, -0.25) is 14.1 Å². The van der Waals surface area contributed by atoms with Crippen LogP contribution in [0, 0.1) is 0 Å². The Kier molecular flexibility index (Phi) is 2.62. The number of hydrogen-bond donors (Lipinski definition) is 1. The van der Waals surface area contributed by atoms with Crippen LogP contribution in [0.3, 0.4) is 0 Å². The summed E-state index contributed by atoms with van der Waals surface area (Å²) in [6, 6.07) is 0. The van der Waals surface area contributed by atoms with Crippen LogP contribution in [0.1, 0.15) is 10.4 Å². The maximum absolute atomic E-state index is 11.7. The van der Waals surface area contributed by atoms with Gasteiger partial charge in [0.05, 0.1) is 11.8 Å². The van der Waals surface area contributed by atoms with Crippen molar-refractivity contribution in [3.05, 3.63) is 18.0 Å². The molecule has 1 aromatic heterocycles. The minimum absolute atomic E-state index is 0.0320. The van der Waals surface area contributed by atoms with Crippen molar-refractivity contribution in [2.45, 2.75) is 0 Å². The number of nitrogens with zero attached hydrogens (tertiary/aromatic N) is 2. The van der Waals surface area contributed by atoms with Gasteiger partial charge in [-0.1, -0.05) is 0 Å². The van der Waals surface area contributed by atoms with E-state index < -0.39 is 10.8 Å². The van der Waals surface area contributed by atoms with Crippen molar-refractivity contribution >= 4 is 16.7 Å². The van der Waals surface area contributed by atoms with E-state index in [1.807, 2.05) is 0 Å². The van der Waals surface area contributed by atoms with Crippen molar-refractivity contribution in [1.29, 1.82) is 0 Å². The fourth-order valence-corrected chi connectivity index (χ4v) is 2.44. The summed E-state index contributed by atoms with van der Waals surface area (Å²) in [6.07, 6.45) is 3.09. The predicted molar refractivity (Wildman–Crippen MR) is 52.4 cm³/mol. The lowest BCUT2D eigenvalue weighted by atomic mass is 10.3. The van der Waals surface area contributed by atoms with Crippen molar-refractivity contribution < 1.29 is 9.00 Å². The van der Waals surface area contributed by atoms with E-state index in [1.165, 1.54) is 6.20 Å². The van der Waals surface area contributed by atoms with Crippen molar-refractivity contribution in [1.82, 2.24) is 15.1 Å². The molecule has 0 unspecified atom stereocenters. The lowest BCUT2D eigenvalue weighted by Gasteiger charge is -2.25. The first kappa shape index (κ1) is 9.39. The molecule has 1 N–H and O–H groups in total. The quantitative estimate of drug-likeness (QED) is 0.691. The average Bonchev–Trinajstić information content (AvgIpc) is 2.71.